The predicted octanol–water partition coefficient (Wildman–Crippen LogP) is 2.85. The summed E-state index contributed by atoms with van der Waals surface area (Å²) in [6.45, 7) is 0.274. The Morgan fingerprint density at radius 1 is 1.47 bits per heavy atom. The van der Waals surface area contributed by atoms with Crippen LogP contribution in [-0.4, -0.2) is 31.0 Å². The summed E-state index contributed by atoms with van der Waals surface area (Å²) < 4.78 is 42.4. The first kappa shape index (κ1) is 16.0. The fourth-order valence-corrected chi connectivity index (χ4v) is 1.78. The van der Waals surface area contributed by atoms with E-state index in [-0.39, 0.29) is 18.2 Å². The highest BCUT2D eigenvalue weighted by Crippen LogP contribution is 2.29. The van der Waals surface area contributed by atoms with Crippen molar-refractivity contribution in [1.82, 2.24) is 5.32 Å². The van der Waals surface area contributed by atoms with Gasteiger partial charge < -0.3 is 10.1 Å². The number of amides is 1. The number of benzene rings is 1. The number of alkyl halides is 4. The third-order valence-electron chi connectivity index (χ3n) is 2.34. The highest BCUT2D eigenvalue weighted by molar-refractivity contribution is 9.09. The van der Waals surface area contributed by atoms with Gasteiger partial charge in [-0.3, -0.25) is 4.79 Å². The van der Waals surface area contributed by atoms with Crippen molar-refractivity contribution in [1.29, 1.82) is 0 Å². The Balaban J connectivity index is 2.82. The van der Waals surface area contributed by atoms with Crippen LogP contribution < -0.4 is 5.32 Å². The summed E-state index contributed by atoms with van der Waals surface area (Å²) in [4.78, 5) is 11.8. The van der Waals surface area contributed by atoms with Crippen LogP contribution in [0.5, 0.6) is 0 Å². The number of hydrogen-bond donors (Lipinski definition) is 1. The van der Waals surface area contributed by atoms with Crippen molar-refractivity contribution in [2.45, 2.75) is 12.2 Å². The average molecular weight is 340 g/mol. The van der Waals surface area contributed by atoms with Crippen molar-refractivity contribution in [3.63, 3.8) is 0 Å². The van der Waals surface area contributed by atoms with Crippen LogP contribution in [0, 0.1) is 0 Å². The highest BCUT2D eigenvalue weighted by Gasteiger charge is 2.31. The maximum absolute atomic E-state index is 12.5. The molecule has 0 saturated heterocycles. The summed E-state index contributed by atoms with van der Waals surface area (Å²) in [5, 5.41) is 3.03. The van der Waals surface area contributed by atoms with Crippen LogP contribution >= 0.6 is 15.9 Å². The molecule has 0 aliphatic heterocycles. The largest absolute Gasteiger partial charge is 0.416 e. The third-order valence-corrected chi connectivity index (χ3v) is 3.12. The highest BCUT2D eigenvalue weighted by atomic mass is 79.9. The van der Waals surface area contributed by atoms with Crippen LogP contribution in [0.2, 0.25) is 0 Å². The molecule has 0 aliphatic carbocycles. The van der Waals surface area contributed by atoms with Crippen molar-refractivity contribution in [3.05, 3.63) is 35.4 Å². The minimum absolute atomic E-state index is 0.0307. The molecule has 0 aromatic heterocycles. The van der Waals surface area contributed by atoms with Crippen LogP contribution in [0.1, 0.15) is 15.9 Å². The lowest BCUT2D eigenvalue weighted by Gasteiger charge is -2.15. The van der Waals surface area contributed by atoms with Crippen LogP contribution in [0.25, 0.3) is 0 Å². The second kappa shape index (κ2) is 6.91. The van der Waals surface area contributed by atoms with Crippen LogP contribution in [0.15, 0.2) is 24.3 Å². The molecule has 7 heteroatoms. The first-order valence-electron chi connectivity index (χ1n) is 5.41. The molecular weight excluding hydrogens is 327 g/mol. The molecule has 3 nitrogen and oxygen atoms in total. The summed E-state index contributed by atoms with van der Waals surface area (Å²) in [6.07, 6.45) is -4.46. The van der Waals surface area contributed by atoms with Gasteiger partial charge in [0.15, 0.2) is 0 Å². The van der Waals surface area contributed by atoms with Gasteiger partial charge >= 0.3 is 6.18 Å². The number of rotatable bonds is 5. The van der Waals surface area contributed by atoms with Crippen LogP contribution in [0.4, 0.5) is 13.2 Å². The van der Waals surface area contributed by atoms with Crippen molar-refractivity contribution >= 4 is 21.8 Å². The minimum atomic E-state index is -4.46. The zero-order valence-electron chi connectivity index (χ0n) is 10.1. The van der Waals surface area contributed by atoms with Gasteiger partial charge in [-0.25, -0.2) is 0 Å². The zero-order valence-corrected chi connectivity index (χ0v) is 11.7. The topological polar surface area (TPSA) is 38.3 Å². The first-order chi connectivity index (χ1) is 8.88. The van der Waals surface area contributed by atoms with E-state index in [1.165, 1.54) is 19.2 Å². The standard InChI is InChI=1S/C12H13BrF3NO2/c1-19-7-10(6-13)17-11(18)8-3-2-4-9(5-8)12(14,15)16/h2-5,10H,6-7H2,1H3,(H,17,18). The van der Waals surface area contributed by atoms with Gasteiger partial charge in [0, 0.05) is 18.0 Å². The van der Waals surface area contributed by atoms with Crippen LogP contribution in [0.3, 0.4) is 0 Å². The molecule has 0 heterocycles. The smallest absolute Gasteiger partial charge is 0.383 e. The second-order valence-electron chi connectivity index (χ2n) is 3.86. The van der Waals surface area contributed by atoms with Crippen molar-refractivity contribution in [2.75, 3.05) is 19.0 Å². The molecule has 1 aromatic carbocycles. The SMILES string of the molecule is COCC(CBr)NC(=O)c1cccc(C(F)(F)F)c1. The molecule has 1 amide bonds. The maximum Gasteiger partial charge on any atom is 0.416 e. The van der Waals surface area contributed by atoms with Gasteiger partial charge in [0.25, 0.3) is 5.91 Å². The molecule has 0 fully saturated rings. The Hall–Kier alpha value is -1.08. The molecule has 0 saturated carbocycles. The minimum Gasteiger partial charge on any atom is -0.383 e. The maximum atomic E-state index is 12.5. The number of ether oxygens (including phenoxy) is 1. The number of carbonyl (C=O) groups excluding carboxylic acids is 1. The van der Waals surface area contributed by atoms with Gasteiger partial charge in [-0.15, -0.1) is 0 Å². The van der Waals surface area contributed by atoms with E-state index in [4.69, 9.17) is 4.74 Å². The Labute approximate surface area is 117 Å². The molecule has 1 aromatic rings. The lowest BCUT2D eigenvalue weighted by atomic mass is 10.1. The molecule has 1 rings (SSSR count). The third kappa shape index (κ3) is 4.83. The molecule has 0 aliphatic rings. The second-order valence-corrected chi connectivity index (χ2v) is 4.51. The first-order valence-corrected chi connectivity index (χ1v) is 6.53. The zero-order chi connectivity index (χ0) is 14.5. The molecule has 1 atom stereocenters. The van der Waals surface area contributed by atoms with Gasteiger partial charge in [-0.2, -0.15) is 13.2 Å². The molecule has 106 valence electrons. The molecule has 0 bridgehead atoms. The molecule has 0 spiro atoms. The Bertz CT molecular complexity index is 437. The lowest BCUT2D eigenvalue weighted by Crippen LogP contribution is -2.39. The van der Waals surface area contributed by atoms with Gasteiger partial charge in [-0.1, -0.05) is 22.0 Å². The van der Waals surface area contributed by atoms with Crippen molar-refractivity contribution in [2.24, 2.45) is 0 Å². The quantitative estimate of drug-likeness (QED) is 0.837. The van der Waals surface area contributed by atoms with E-state index >= 15 is 0 Å². The predicted molar refractivity (Wildman–Crippen MR) is 68.4 cm³/mol. The molecular formula is C12H13BrF3NO2. The number of halogens is 4. The van der Waals surface area contributed by atoms with Crippen molar-refractivity contribution in [3.8, 4) is 0 Å². The Kier molecular flexibility index (Phi) is 5.81. The Morgan fingerprint density at radius 3 is 2.68 bits per heavy atom. The summed E-state index contributed by atoms with van der Waals surface area (Å²) >= 11 is 3.19. The van der Waals surface area contributed by atoms with Crippen LogP contribution in [-0.2, 0) is 10.9 Å². The summed E-state index contributed by atoms with van der Waals surface area (Å²) in [7, 11) is 1.48. The monoisotopic (exact) mass is 339 g/mol. The fraction of sp³-hybridized carbons (Fsp3) is 0.417. The summed E-state index contributed by atoms with van der Waals surface area (Å²) in [5.41, 5.74) is -0.876. The van der Waals surface area contributed by atoms with E-state index in [0.717, 1.165) is 12.1 Å². The van der Waals surface area contributed by atoms with E-state index in [9.17, 15) is 18.0 Å². The van der Waals surface area contributed by atoms with Gasteiger partial charge in [0.2, 0.25) is 0 Å². The van der Waals surface area contributed by atoms with E-state index in [1.54, 1.807) is 0 Å². The van der Waals surface area contributed by atoms with Gasteiger partial charge in [-0.05, 0) is 18.2 Å². The van der Waals surface area contributed by atoms with Crippen molar-refractivity contribution < 1.29 is 22.7 Å². The van der Waals surface area contributed by atoms with E-state index in [0.29, 0.717) is 5.33 Å². The van der Waals surface area contributed by atoms with Gasteiger partial charge in [0.1, 0.15) is 0 Å². The summed E-state index contributed by atoms with van der Waals surface area (Å²) in [6, 6.07) is 3.99. The van der Waals surface area contributed by atoms with Gasteiger partial charge in [0.05, 0.1) is 18.2 Å². The average Bonchev–Trinajstić information content (AvgIpc) is 2.37. The number of hydrogen-bond acceptors (Lipinski definition) is 2. The van der Waals surface area contributed by atoms with E-state index in [1.807, 2.05) is 0 Å². The Morgan fingerprint density at radius 2 is 2.16 bits per heavy atom. The number of methoxy groups -OCH3 is 1. The summed E-state index contributed by atoms with van der Waals surface area (Å²) in [5.74, 6) is -0.562. The fourth-order valence-electron chi connectivity index (χ4n) is 1.43. The van der Waals surface area contributed by atoms with E-state index < -0.39 is 17.6 Å². The lowest BCUT2D eigenvalue weighted by molar-refractivity contribution is -0.137. The molecule has 1 N–H and O–H groups in total. The number of carbonyl (C=O) groups is 1. The molecule has 0 radical (unpaired) electrons. The molecule has 1 unspecified atom stereocenters. The molecule has 19 heavy (non-hydrogen) atoms. The number of nitrogens with one attached hydrogen (secondary N) is 1. The van der Waals surface area contributed by atoms with E-state index in [2.05, 4.69) is 21.2 Å². The normalized spacial score (nSPS) is 13.1.